The minimum Gasteiger partial charge on any atom is -0.396 e. The maximum absolute atomic E-state index is 13.6. The summed E-state index contributed by atoms with van der Waals surface area (Å²) >= 11 is 0. The van der Waals surface area contributed by atoms with Crippen molar-refractivity contribution in [1.29, 1.82) is 5.26 Å². The number of fused-ring (bicyclic) bond motifs is 1. The number of amides is 1. The van der Waals surface area contributed by atoms with Crippen LogP contribution in [0.2, 0.25) is 0 Å². The first-order chi connectivity index (χ1) is 15.9. The minimum absolute atomic E-state index is 0.0169. The molecule has 2 aromatic carbocycles. The molecule has 178 valence electrons. The maximum Gasteiger partial charge on any atom is 0.230 e. The van der Waals surface area contributed by atoms with Gasteiger partial charge in [-0.15, -0.1) is 0 Å². The van der Waals surface area contributed by atoms with E-state index in [0.29, 0.717) is 37.1 Å². The Bertz CT molecular complexity index is 976. The Morgan fingerprint density at radius 3 is 2.36 bits per heavy atom. The van der Waals surface area contributed by atoms with E-state index in [2.05, 4.69) is 6.07 Å². The third-order valence-electron chi connectivity index (χ3n) is 6.43. The lowest BCUT2D eigenvalue weighted by molar-refractivity contribution is -0.147. The van der Waals surface area contributed by atoms with E-state index in [-0.39, 0.29) is 12.5 Å². The van der Waals surface area contributed by atoms with Gasteiger partial charge in [0.15, 0.2) is 0 Å². The maximum atomic E-state index is 13.6. The zero-order valence-electron chi connectivity index (χ0n) is 20.2. The Hall–Kier alpha value is -2.75. The molecule has 6 nitrogen and oxygen atoms in total. The molecule has 0 spiro atoms. The molecule has 0 aliphatic carbocycles. The van der Waals surface area contributed by atoms with Gasteiger partial charge in [0.25, 0.3) is 0 Å². The molecular weight excluding hydrogens is 416 g/mol. The predicted molar refractivity (Wildman–Crippen MR) is 131 cm³/mol. The Balaban J connectivity index is 2.43. The van der Waals surface area contributed by atoms with Gasteiger partial charge in [0.05, 0.1) is 28.8 Å². The van der Waals surface area contributed by atoms with Gasteiger partial charge in [-0.2, -0.15) is 5.26 Å². The molecule has 0 saturated carbocycles. The Labute approximate surface area is 197 Å². The number of carbonyl (C=O) groups is 2. The lowest BCUT2D eigenvalue weighted by Crippen LogP contribution is -2.49. The molecule has 2 unspecified atom stereocenters. The number of anilines is 1. The number of benzene rings is 2. The highest BCUT2D eigenvalue weighted by molar-refractivity contribution is 6.06. The van der Waals surface area contributed by atoms with Crippen LogP contribution in [-0.2, 0) is 14.3 Å². The van der Waals surface area contributed by atoms with Crippen LogP contribution in [0.15, 0.2) is 36.4 Å². The van der Waals surface area contributed by atoms with Crippen LogP contribution in [0.4, 0.5) is 5.69 Å². The van der Waals surface area contributed by atoms with Gasteiger partial charge in [-0.3, -0.25) is 4.79 Å². The fourth-order valence-electron chi connectivity index (χ4n) is 4.83. The number of ether oxygens (including phenoxy) is 1. The van der Waals surface area contributed by atoms with Gasteiger partial charge in [0.1, 0.15) is 6.29 Å². The average Bonchev–Trinajstić information content (AvgIpc) is 2.83. The van der Waals surface area contributed by atoms with E-state index >= 15 is 0 Å². The molecule has 0 radical (unpaired) electrons. The second kappa shape index (κ2) is 12.5. The van der Waals surface area contributed by atoms with Crippen molar-refractivity contribution in [3.8, 4) is 6.07 Å². The number of aliphatic hydroxyl groups is 1. The molecule has 0 aliphatic rings. The average molecular weight is 453 g/mol. The number of nitrogens with zero attached hydrogens (tertiary/aromatic N) is 2. The first-order valence-electron chi connectivity index (χ1n) is 11.8. The molecule has 6 heteroatoms. The normalized spacial score (nSPS) is 13.3. The number of hydrogen-bond acceptors (Lipinski definition) is 5. The highest BCUT2D eigenvalue weighted by atomic mass is 16.5. The smallest absolute Gasteiger partial charge is 0.230 e. The van der Waals surface area contributed by atoms with Gasteiger partial charge in [-0.1, -0.05) is 57.9 Å². The summed E-state index contributed by atoms with van der Waals surface area (Å²) in [6, 6.07) is 13.2. The molecule has 0 aliphatic heterocycles. The Kier molecular flexibility index (Phi) is 10.0. The Morgan fingerprint density at radius 1 is 1.18 bits per heavy atom. The monoisotopic (exact) mass is 452 g/mol. The van der Waals surface area contributed by atoms with E-state index in [1.807, 2.05) is 38.1 Å². The number of aldehydes is 1. The van der Waals surface area contributed by atoms with Crippen LogP contribution in [-0.4, -0.2) is 43.2 Å². The molecular formula is C27H36N2O4. The molecule has 2 atom stereocenters. The SMILES string of the molecule is CCCC(CCC)(OCCCO)C(C=O)C(C)C(=O)N(C)c1ccc(C#N)c2ccccc12. The predicted octanol–water partition coefficient (Wildman–Crippen LogP) is 4.86. The van der Waals surface area contributed by atoms with E-state index in [9.17, 15) is 20.0 Å². The van der Waals surface area contributed by atoms with Gasteiger partial charge in [-0.05, 0) is 31.4 Å². The van der Waals surface area contributed by atoms with Crippen LogP contribution < -0.4 is 4.90 Å². The van der Waals surface area contributed by atoms with Crippen LogP contribution in [0.5, 0.6) is 0 Å². The highest BCUT2D eigenvalue weighted by Crippen LogP contribution is 2.38. The van der Waals surface area contributed by atoms with Crippen molar-refractivity contribution >= 4 is 28.7 Å². The summed E-state index contributed by atoms with van der Waals surface area (Å²) in [5.74, 6) is -1.39. The van der Waals surface area contributed by atoms with Gasteiger partial charge < -0.3 is 19.5 Å². The summed E-state index contributed by atoms with van der Waals surface area (Å²) in [7, 11) is 1.71. The first-order valence-corrected chi connectivity index (χ1v) is 11.8. The van der Waals surface area contributed by atoms with Crippen molar-refractivity contribution in [3.63, 3.8) is 0 Å². The van der Waals surface area contributed by atoms with Crippen molar-refractivity contribution in [2.75, 3.05) is 25.2 Å². The van der Waals surface area contributed by atoms with Crippen molar-refractivity contribution < 1.29 is 19.4 Å². The molecule has 0 heterocycles. The van der Waals surface area contributed by atoms with Crippen molar-refractivity contribution in [3.05, 3.63) is 42.0 Å². The summed E-state index contributed by atoms with van der Waals surface area (Å²) in [6.45, 7) is 6.24. The van der Waals surface area contributed by atoms with E-state index in [1.54, 1.807) is 31.0 Å². The van der Waals surface area contributed by atoms with Crippen molar-refractivity contribution in [2.24, 2.45) is 11.8 Å². The molecule has 1 amide bonds. The second-order valence-corrected chi connectivity index (χ2v) is 8.63. The molecule has 33 heavy (non-hydrogen) atoms. The third kappa shape index (κ3) is 5.79. The number of nitriles is 1. The third-order valence-corrected chi connectivity index (χ3v) is 6.43. The van der Waals surface area contributed by atoms with Crippen LogP contribution in [0, 0.1) is 23.2 Å². The standard InChI is InChI=1S/C27H36N2O4/c1-5-14-27(15-6-2,33-17-9-16-30)24(19-31)20(3)26(32)29(4)25-13-12-21(18-28)22-10-7-8-11-23(22)25/h7-8,10-13,19-20,24,30H,5-6,9,14-17H2,1-4H3. The molecule has 1 N–H and O–H groups in total. The summed E-state index contributed by atoms with van der Waals surface area (Å²) < 4.78 is 6.26. The zero-order valence-corrected chi connectivity index (χ0v) is 20.2. The molecule has 0 fully saturated rings. The quantitative estimate of drug-likeness (QED) is 0.346. The first kappa shape index (κ1) is 26.5. The van der Waals surface area contributed by atoms with Gasteiger partial charge in [0, 0.05) is 37.0 Å². The summed E-state index contributed by atoms with van der Waals surface area (Å²) in [5, 5.41) is 20.3. The topological polar surface area (TPSA) is 90.6 Å². The number of aliphatic hydroxyl groups excluding tert-OH is 1. The van der Waals surface area contributed by atoms with Gasteiger partial charge in [0.2, 0.25) is 5.91 Å². The van der Waals surface area contributed by atoms with Gasteiger partial charge >= 0.3 is 0 Å². The van der Waals surface area contributed by atoms with E-state index in [1.165, 1.54) is 0 Å². The molecule has 0 aromatic heterocycles. The van der Waals surface area contributed by atoms with E-state index < -0.39 is 17.4 Å². The summed E-state index contributed by atoms with van der Waals surface area (Å²) in [6.07, 6.45) is 4.33. The summed E-state index contributed by atoms with van der Waals surface area (Å²) in [5.41, 5.74) is 0.503. The lowest BCUT2D eigenvalue weighted by atomic mass is 9.74. The fourth-order valence-corrected chi connectivity index (χ4v) is 4.83. The highest BCUT2D eigenvalue weighted by Gasteiger charge is 2.44. The number of carbonyl (C=O) groups excluding carboxylic acids is 2. The largest absolute Gasteiger partial charge is 0.396 e. The van der Waals surface area contributed by atoms with Crippen LogP contribution in [0.3, 0.4) is 0 Å². The molecule has 2 aromatic rings. The van der Waals surface area contributed by atoms with Gasteiger partial charge in [-0.25, -0.2) is 0 Å². The lowest BCUT2D eigenvalue weighted by Gasteiger charge is -2.41. The summed E-state index contributed by atoms with van der Waals surface area (Å²) in [4.78, 5) is 27.6. The van der Waals surface area contributed by atoms with E-state index in [4.69, 9.17) is 4.74 Å². The van der Waals surface area contributed by atoms with Crippen LogP contribution >= 0.6 is 0 Å². The van der Waals surface area contributed by atoms with E-state index in [0.717, 1.165) is 29.9 Å². The minimum atomic E-state index is -0.747. The number of hydrogen-bond donors (Lipinski definition) is 1. The van der Waals surface area contributed by atoms with Crippen LogP contribution in [0.1, 0.15) is 58.4 Å². The molecule has 0 bridgehead atoms. The zero-order chi connectivity index (χ0) is 24.4. The Morgan fingerprint density at radius 2 is 1.82 bits per heavy atom. The molecule has 0 saturated heterocycles. The van der Waals surface area contributed by atoms with Crippen molar-refractivity contribution in [2.45, 2.75) is 58.5 Å². The molecule has 2 rings (SSSR count). The number of rotatable bonds is 13. The van der Waals surface area contributed by atoms with Crippen molar-refractivity contribution in [1.82, 2.24) is 0 Å². The second-order valence-electron chi connectivity index (χ2n) is 8.63. The fraction of sp³-hybridized carbons (Fsp3) is 0.519. The van der Waals surface area contributed by atoms with Crippen LogP contribution in [0.25, 0.3) is 10.8 Å².